The maximum Gasteiger partial charge on any atom is 0.236 e. The number of carbonyl (C=O) groups is 1. The Bertz CT molecular complexity index is 476. The van der Waals surface area contributed by atoms with E-state index in [0.29, 0.717) is 6.54 Å². The molecule has 1 amide bonds. The van der Waals surface area contributed by atoms with Crippen molar-refractivity contribution in [2.24, 2.45) is 5.73 Å². The Morgan fingerprint density at radius 3 is 2.26 bits per heavy atom. The molecule has 1 atom stereocenters. The molecule has 0 saturated heterocycles. The number of hydrogen-bond donors (Lipinski definition) is 2. The molecule has 3 nitrogen and oxygen atoms in total. The van der Waals surface area contributed by atoms with Gasteiger partial charge in [-0.2, -0.15) is 0 Å². The van der Waals surface area contributed by atoms with Gasteiger partial charge >= 0.3 is 0 Å². The Balaban J connectivity index is 2.94. The predicted octanol–water partition coefficient (Wildman–Crippen LogP) is 2.35. The Morgan fingerprint density at radius 1 is 1.21 bits per heavy atom. The van der Waals surface area contributed by atoms with Crippen LogP contribution in [0.4, 0.5) is 0 Å². The number of rotatable bonds is 4. The highest BCUT2D eigenvalue weighted by atomic mass is 16.2. The predicted molar refractivity (Wildman–Crippen MR) is 80.3 cm³/mol. The first-order valence-corrected chi connectivity index (χ1v) is 6.77. The van der Waals surface area contributed by atoms with E-state index in [1.54, 1.807) is 6.92 Å². The van der Waals surface area contributed by atoms with Crippen LogP contribution in [0.15, 0.2) is 12.1 Å². The largest absolute Gasteiger partial charge is 0.354 e. The topological polar surface area (TPSA) is 55.1 Å². The molecule has 0 aliphatic heterocycles. The van der Waals surface area contributed by atoms with Gasteiger partial charge in [-0.25, -0.2) is 0 Å². The average Bonchev–Trinajstić information content (AvgIpc) is 2.30. The summed E-state index contributed by atoms with van der Waals surface area (Å²) in [7, 11) is 0. The smallest absolute Gasteiger partial charge is 0.236 e. The quantitative estimate of drug-likeness (QED) is 0.875. The van der Waals surface area contributed by atoms with Crippen LogP contribution in [-0.4, -0.2) is 18.5 Å². The summed E-state index contributed by atoms with van der Waals surface area (Å²) >= 11 is 0. The summed E-state index contributed by atoms with van der Waals surface area (Å²) in [6.45, 7) is 12.9. The van der Waals surface area contributed by atoms with Gasteiger partial charge in [0, 0.05) is 12.0 Å². The van der Waals surface area contributed by atoms with E-state index in [9.17, 15) is 4.79 Å². The van der Waals surface area contributed by atoms with E-state index in [4.69, 9.17) is 5.73 Å². The molecule has 0 spiro atoms. The first-order valence-electron chi connectivity index (χ1n) is 6.77. The molecule has 3 heteroatoms. The maximum absolute atomic E-state index is 11.6. The van der Waals surface area contributed by atoms with Crippen LogP contribution >= 0.6 is 0 Å². The molecule has 1 aromatic carbocycles. The van der Waals surface area contributed by atoms with Crippen molar-refractivity contribution in [3.8, 4) is 0 Å². The lowest BCUT2D eigenvalue weighted by molar-refractivity contribution is -0.122. The van der Waals surface area contributed by atoms with Crippen LogP contribution in [0.5, 0.6) is 0 Å². The summed E-state index contributed by atoms with van der Waals surface area (Å²) in [6.07, 6.45) is 0. The molecule has 1 rings (SSSR count). The molecule has 0 heterocycles. The van der Waals surface area contributed by atoms with Crippen molar-refractivity contribution in [3.05, 3.63) is 34.4 Å². The van der Waals surface area contributed by atoms with Crippen LogP contribution in [0.1, 0.15) is 43.0 Å². The zero-order valence-corrected chi connectivity index (χ0v) is 12.9. The Hall–Kier alpha value is -1.35. The minimum absolute atomic E-state index is 0.102. The third-order valence-corrected chi connectivity index (χ3v) is 3.69. The summed E-state index contributed by atoms with van der Waals surface area (Å²) in [6, 6.07) is 3.97. The Morgan fingerprint density at radius 2 is 1.74 bits per heavy atom. The lowest BCUT2D eigenvalue weighted by atomic mass is 9.80. The number of amides is 1. The van der Waals surface area contributed by atoms with Crippen molar-refractivity contribution in [1.29, 1.82) is 0 Å². The molecule has 1 unspecified atom stereocenters. The van der Waals surface area contributed by atoms with E-state index < -0.39 is 6.04 Å². The van der Waals surface area contributed by atoms with Gasteiger partial charge in [-0.15, -0.1) is 0 Å². The molecule has 19 heavy (non-hydrogen) atoms. The second-order valence-electron chi connectivity index (χ2n) is 6.14. The number of benzene rings is 1. The maximum atomic E-state index is 11.6. The summed E-state index contributed by atoms with van der Waals surface area (Å²) < 4.78 is 0. The lowest BCUT2D eigenvalue weighted by Crippen LogP contribution is -2.44. The van der Waals surface area contributed by atoms with Gasteiger partial charge < -0.3 is 11.1 Å². The molecule has 0 bridgehead atoms. The molecular weight excluding hydrogens is 236 g/mol. The minimum atomic E-state index is -0.461. The fraction of sp³-hybridized carbons (Fsp3) is 0.562. The average molecular weight is 262 g/mol. The normalized spacial score (nSPS) is 13.2. The van der Waals surface area contributed by atoms with Gasteiger partial charge in [-0.3, -0.25) is 4.79 Å². The van der Waals surface area contributed by atoms with Crippen molar-refractivity contribution in [2.45, 2.75) is 53.0 Å². The fourth-order valence-corrected chi connectivity index (χ4v) is 2.25. The second-order valence-corrected chi connectivity index (χ2v) is 6.14. The van der Waals surface area contributed by atoms with Crippen LogP contribution in [-0.2, 0) is 10.2 Å². The minimum Gasteiger partial charge on any atom is -0.354 e. The molecular formula is C16H26N2O. The summed E-state index contributed by atoms with van der Waals surface area (Å²) in [5.41, 5.74) is 10.6. The van der Waals surface area contributed by atoms with Crippen molar-refractivity contribution < 1.29 is 4.79 Å². The van der Waals surface area contributed by atoms with Gasteiger partial charge in [-0.05, 0) is 49.9 Å². The highest BCUT2D eigenvalue weighted by Gasteiger charge is 2.24. The van der Waals surface area contributed by atoms with E-state index >= 15 is 0 Å². The molecule has 0 radical (unpaired) electrons. The van der Waals surface area contributed by atoms with E-state index in [0.717, 1.165) is 0 Å². The summed E-state index contributed by atoms with van der Waals surface area (Å²) in [4.78, 5) is 11.6. The lowest BCUT2D eigenvalue weighted by Gasteiger charge is -2.28. The molecule has 106 valence electrons. The molecule has 0 saturated carbocycles. The van der Waals surface area contributed by atoms with Crippen molar-refractivity contribution in [2.75, 3.05) is 6.54 Å². The third-order valence-electron chi connectivity index (χ3n) is 3.69. The van der Waals surface area contributed by atoms with Crippen LogP contribution < -0.4 is 11.1 Å². The van der Waals surface area contributed by atoms with Gasteiger partial charge in [0.15, 0.2) is 0 Å². The van der Waals surface area contributed by atoms with E-state index in [1.807, 2.05) is 0 Å². The number of hydrogen-bond acceptors (Lipinski definition) is 2. The first kappa shape index (κ1) is 15.7. The van der Waals surface area contributed by atoms with E-state index in [-0.39, 0.29) is 11.3 Å². The fourth-order valence-electron chi connectivity index (χ4n) is 2.25. The van der Waals surface area contributed by atoms with Crippen molar-refractivity contribution in [1.82, 2.24) is 5.32 Å². The van der Waals surface area contributed by atoms with Gasteiger partial charge in [0.25, 0.3) is 0 Å². The third kappa shape index (κ3) is 3.80. The van der Waals surface area contributed by atoms with Crippen LogP contribution in [0.2, 0.25) is 0 Å². The monoisotopic (exact) mass is 262 g/mol. The molecule has 1 aromatic rings. The molecule has 0 aliphatic carbocycles. The highest BCUT2D eigenvalue weighted by molar-refractivity contribution is 5.81. The number of aryl methyl sites for hydroxylation is 3. The molecule has 3 N–H and O–H groups in total. The number of nitrogens with one attached hydrogen (secondary N) is 1. The van der Waals surface area contributed by atoms with Crippen molar-refractivity contribution >= 4 is 5.91 Å². The highest BCUT2D eigenvalue weighted by Crippen LogP contribution is 2.28. The second kappa shape index (κ2) is 5.74. The van der Waals surface area contributed by atoms with E-state index in [2.05, 4.69) is 52.1 Å². The SMILES string of the molecule is Cc1cc(C)c(C(C)(C)CNC(=O)C(C)N)cc1C. The zero-order valence-electron chi connectivity index (χ0n) is 12.9. The standard InChI is InChI=1S/C16H26N2O/c1-10-7-12(3)14(8-11(10)2)16(5,6)9-18-15(19)13(4)17/h7-8,13H,9,17H2,1-6H3,(H,18,19). The van der Waals surface area contributed by atoms with Gasteiger partial charge in [-0.1, -0.05) is 26.0 Å². The first-order chi connectivity index (χ1) is 8.65. The van der Waals surface area contributed by atoms with Crippen molar-refractivity contribution in [3.63, 3.8) is 0 Å². The number of nitrogens with two attached hydrogens (primary N) is 1. The number of carbonyl (C=O) groups excluding carboxylic acids is 1. The van der Waals surface area contributed by atoms with Crippen LogP contribution in [0.3, 0.4) is 0 Å². The van der Waals surface area contributed by atoms with Gasteiger partial charge in [0.1, 0.15) is 0 Å². The molecule has 0 fully saturated rings. The Labute approximate surface area is 116 Å². The van der Waals surface area contributed by atoms with Gasteiger partial charge in [0.05, 0.1) is 6.04 Å². The molecule has 0 aromatic heterocycles. The van der Waals surface area contributed by atoms with E-state index in [1.165, 1.54) is 22.3 Å². The van der Waals surface area contributed by atoms with Crippen LogP contribution in [0, 0.1) is 20.8 Å². The van der Waals surface area contributed by atoms with Gasteiger partial charge in [0.2, 0.25) is 5.91 Å². The molecule has 0 aliphatic rings. The summed E-state index contributed by atoms with van der Waals surface area (Å²) in [5, 5.41) is 2.92. The van der Waals surface area contributed by atoms with Crippen LogP contribution in [0.25, 0.3) is 0 Å². The Kier molecular flexibility index (Phi) is 4.75. The summed E-state index contributed by atoms with van der Waals surface area (Å²) in [5.74, 6) is -0.102. The zero-order chi connectivity index (χ0) is 14.8.